The van der Waals surface area contributed by atoms with E-state index in [0.29, 0.717) is 10.6 Å². The molecule has 0 radical (unpaired) electrons. The minimum Gasteiger partial charge on any atom is -0.376 e. The van der Waals surface area contributed by atoms with Gasteiger partial charge in [-0.15, -0.1) is 11.3 Å². The van der Waals surface area contributed by atoms with Crippen LogP contribution in [0.1, 0.15) is 36.2 Å². The highest BCUT2D eigenvalue weighted by Crippen LogP contribution is 2.31. The molecule has 1 atom stereocenters. The molecule has 0 aliphatic carbocycles. The Morgan fingerprint density at radius 3 is 2.84 bits per heavy atom. The monoisotopic (exact) mass is 290 g/mol. The van der Waals surface area contributed by atoms with Crippen molar-refractivity contribution in [3.8, 4) is 6.07 Å². The number of benzene rings is 1. The number of nitrogens with one attached hydrogen (secondary N) is 1. The van der Waals surface area contributed by atoms with Crippen molar-refractivity contribution in [2.75, 3.05) is 5.32 Å². The zero-order chi connectivity index (χ0) is 13.7. The maximum absolute atomic E-state index is 9.20. The van der Waals surface area contributed by atoms with Gasteiger partial charge in [-0.2, -0.15) is 5.26 Å². The van der Waals surface area contributed by atoms with E-state index in [1.165, 1.54) is 4.88 Å². The lowest BCUT2D eigenvalue weighted by Gasteiger charge is -2.19. The summed E-state index contributed by atoms with van der Waals surface area (Å²) < 4.78 is 0. The molecule has 0 saturated heterocycles. The third-order valence-electron chi connectivity index (χ3n) is 2.92. The predicted octanol–water partition coefficient (Wildman–Crippen LogP) is 5.23. The molecule has 0 aliphatic rings. The number of nitrogens with zero attached hydrogens (tertiary/aromatic N) is 1. The molecule has 0 saturated carbocycles. The number of thiophene rings is 1. The first-order valence-electron chi connectivity index (χ1n) is 6.24. The van der Waals surface area contributed by atoms with E-state index in [2.05, 4.69) is 29.8 Å². The van der Waals surface area contributed by atoms with Gasteiger partial charge in [0.2, 0.25) is 0 Å². The van der Waals surface area contributed by atoms with Crippen molar-refractivity contribution < 1.29 is 0 Å². The summed E-state index contributed by atoms with van der Waals surface area (Å²) in [6, 6.07) is 12.1. The lowest BCUT2D eigenvalue weighted by atomic mass is 10.1. The van der Waals surface area contributed by atoms with Crippen LogP contribution >= 0.6 is 22.9 Å². The van der Waals surface area contributed by atoms with Crippen molar-refractivity contribution in [3.63, 3.8) is 0 Å². The topological polar surface area (TPSA) is 35.8 Å². The Morgan fingerprint density at radius 1 is 1.37 bits per heavy atom. The molecule has 1 heterocycles. The Hall–Kier alpha value is -1.50. The zero-order valence-electron chi connectivity index (χ0n) is 10.7. The normalized spacial score (nSPS) is 11.8. The van der Waals surface area contributed by atoms with E-state index in [9.17, 15) is 5.26 Å². The molecule has 0 bridgehead atoms. The van der Waals surface area contributed by atoms with Crippen molar-refractivity contribution >= 4 is 28.6 Å². The molecule has 0 fully saturated rings. The smallest absolute Gasteiger partial charge is 0.103 e. The molecule has 2 aromatic rings. The first kappa shape index (κ1) is 13.9. The molecule has 2 nitrogen and oxygen atoms in total. The number of hydrogen-bond acceptors (Lipinski definition) is 3. The van der Waals surface area contributed by atoms with Crippen LogP contribution in [-0.4, -0.2) is 0 Å². The molecule has 0 aliphatic heterocycles. The lowest BCUT2D eigenvalue weighted by Crippen LogP contribution is -2.10. The minimum absolute atomic E-state index is 0.232. The Morgan fingerprint density at radius 2 is 2.21 bits per heavy atom. The largest absolute Gasteiger partial charge is 0.376 e. The standard InChI is InChI=1S/C15H15ClN2S/c1-2-5-14(15-8-4-9-19-15)18-13-7-3-6-12(16)11(13)10-17/h3-4,6-9,14,18H,2,5H2,1H3. The molecule has 19 heavy (non-hydrogen) atoms. The van der Waals surface area contributed by atoms with Crippen LogP contribution in [0.3, 0.4) is 0 Å². The Bertz CT molecular complexity index is 572. The highest BCUT2D eigenvalue weighted by Gasteiger charge is 2.14. The van der Waals surface area contributed by atoms with Crippen molar-refractivity contribution in [2.45, 2.75) is 25.8 Å². The highest BCUT2D eigenvalue weighted by molar-refractivity contribution is 7.10. The van der Waals surface area contributed by atoms with Crippen LogP contribution in [0.25, 0.3) is 0 Å². The van der Waals surface area contributed by atoms with Gasteiger partial charge in [-0.25, -0.2) is 0 Å². The highest BCUT2D eigenvalue weighted by atomic mass is 35.5. The third kappa shape index (κ3) is 3.28. The van der Waals surface area contributed by atoms with E-state index in [1.54, 1.807) is 17.4 Å². The quantitative estimate of drug-likeness (QED) is 0.819. The van der Waals surface area contributed by atoms with Gasteiger partial charge in [0.15, 0.2) is 0 Å². The van der Waals surface area contributed by atoms with E-state index in [-0.39, 0.29) is 6.04 Å². The summed E-state index contributed by atoms with van der Waals surface area (Å²) in [7, 11) is 0. The van der Waals surface area contributed by atoms with Crippen LogP contribution in [0.5, 0.6) is 0 Å². The molecule has 4 heteroatoms. The number of rotatable bonds is 5. The number of nitriles is 1. The molecule has 0 amide bonds. The summed E-state index contributed by atoms with van der Waals surface area (Å²) in [5, 5.41) is 15.2. The van der Waals surface area contributed by atoms with Gasteiger partial charge >= 0.3 is 0 Å². The van der Waals surface area contributed by atoms with Crippen LogP contribution in [-0.2, 0) is 0 Å². The van der Waals surface area contributed by atoms with Gasteiger partial charge in [-0.05, 0) is 30.0 Å². The molecular formula is C15H15ClN2S. The fourth-order valence-electron chi connectivity index (χ4n) is 2.01. The van der Waals surface area contributed by atoms with E-state index in [1.807, 2.05) is 18.2 Å². The molecule has 1 N–H and O–H groups in total. The molecule has 98 valence electrons. The van der Waals surface area contributed by atoms with Gasteiger partial charge in [-0.1, -0.05) is 37.1 Å². The summed E-state index contributed by atoms with van der Waals surface area (Å²) in [6.45, 7) is 2.16. The van der Waals surface area contributed by atoms with Crippen molar-refractivity contribution in [2.24, 2.45) is 0 Å². The Kier molecular flexibility index (Phi) is 4.84. The van der Waals surface area contributed by atoms with Crippen LogP contribution in [0.4, 0.5) is 5.69 Å². The number of halogens is 1. The average Bonchev–Trinajstić information content (AvgIpc) is 2.92. The summed E-state index contributed by atoms with van der Waals surface area (Å²) >= 11 is 7.78. The van der Waals surface area contributed by atoms with Gasteiger partial charge in [0.05, 0.1) is 22.3 Å². The van der Waals surface area contributed by atoms with Crippen molar-refractivity contribution in [1.82, 2.24) is 0 Å². The second kappa shape index (κ2) is 6.60. The first-order chi connectivity index (χ1) is 9.26. The maximum Gasteiger partial charge on any atom is 0.103 e. The van der Waals surface area contributed by atoms with E-state index >= 15 is 0 Å². The third-order valence-corrected chi connectivity index (χ3v) is 4.22. The van der Waals surface area contributed by atoms with Crippen LogP contribution < -0.4 is 5.32 Å². The van der Waals surface area contributed by atoms with Gasteiger partial charge in [0.25, 0.3) is 0 Å². The first-order valence-corrected chi connectivity index (χ1v) is 7.50. The fourth-order valence-corrected chi connectivity index (χ4v) is 3.04. The van der Waals surface area contributed by atoms with E-state index < -0.39 is 0 Å². The molecule has 1 aromatic heterocycles. The summed E-state index contributed by atoms with van der Waals surface area (Å²) in [4.78, 5) is 1.28. The fraction of sp³-hybridized carbons (Fsp3) is 0.267. The van der Waals surface area contributed by atoms with Gasteiger partial charge in [-0.3, -0.25) is 0 Å². The summed E-state index contributed by atoms with van der Waals surface area (Å²) in [5.74, 6) is 0. The van der Waals surface area contributed by atoms with E-state index in [4.69, 9.17) is 11.6 Å². The molecule has 1 aromatic carbocycles. The Balaban J connectivity index is 2.28. The van der Waals surface area contributed by atoms with Gasteiger partial charge in [0.1, 0.15) is 6.07 Å². The SMILES string of the molecule is CCCC(Nc1cccc(Cl)c1C#N)c1cccs1. The van der Waals surface area contributed by atoms with E-state index in [0.717, 1.165) is 18.5 Å². The van der Waals surface area contributed by atoms with Gasteiger partial charge in [0, 0.05) is 4.88 Å². The predicted molar refractivity (Wildman–Crippen MR) is 81.8 cm³/mol. The lowest BCUT2D eigenvalue weighted by molar-refractivity contribution is 0.687. The molecule has 1 unspecified atom stereocenters. The Labute approximate surface area is 122 Å². The molecule has 0 spiro atoms. The average molecular weight is 291 g/mol. The summed E-state index contributed by atoms with van der Waals surface area (Å²) in [5.41, 5.74) is 1.32. The molecule has 2 rings (SSSR count). The summed E-state index contributed by atoms with van der Waals surface area (Å²) in [6.07, 6.45) is 2.11. The van der Waals surface area contributed by atoms with Crippen molar-refractivity contribution in [3.05, 3.63) is 51.2 Å². The van der Waals surface area contributed by atoms with Gasteiger partial charge < -0.3 is 5.32 Å². The zero-order valence-corrected chi connectivity index (χ0v) is 12.3. The number of anilines is 1. The molecular weight excluding hydrogens is 276 g/mol. The second-order valence-corrected chi connectivity index (χ2v) is 5.66. The van der Waals surface area contributed by atoms with Crippen molar-refractivity contribution in [1.29, 1.82) is 5.26 Å². The van der Waals surface area contributed by atoms with Crippen LogP contribution in [0, 0.1) is 11.3 Å². The minimum atomic E-state index is 0.232. The maximum atomic E-state index is 9.20. The van der Waals surface area contributed by atoms with Crippen LogP contribution in [0.2, 0.25) is 5.02 Å². The van der Waals surface area contributed by atoms with Crippen LogP contribution in [0.15, 0.2) is 35.7 Å². The second-order valence-electron chi connectivity index (χ2n) is 4.28. The number of hydrogen-bond donors (Lipinski definition) is 1.